The van der Waals surface area contributed by atoms with Crippen molar-refractivity contribution in [3.8, 4) is 0 Å². The molecule has 0 aliphatic carbocycles. The number of rotatable bonds is 4. The smallest absolute Gasteiger partial charge is 0.282 e. The molecule has 3 aromatic carbocycles. The number of nitrogens with one attached hydrogen (secondary N) is 1. The second-order valence-electron chi connectivity index (χ2n) is 6.91. The Bertz CT molecular complexity index is 1140. The van der Waals surface area contributed by atoms with E-state index in [4.69, 9.17) is 11.6 Å². The van der Waals surface area contributed by atoms with E-state index in [9.17, 15) is 9.59 Å². The third-order valence-electron chi connectivity index (χ3n) is 5.10. The minimum absolute atomic E-state index is 0.259. The van der Waals surface area contributed by atoms with Crippen LogP contribution < -0.4 is 10.2 Å². The molecule has 0 bridgehead atoms. The molecule has 0 fully saturated rings. The molecule has 5 heteroatoms. The average molecular weight is 403 g/mol. The number of benzene rings is 3. The zero-order valence-corrected chi connectivity index (χ0v) is 16.8. The zero-order chi connectivity index (χ0) is 20.5. The van der Waals surface area contributed by atoms with Gasteiger partial charge in [-0.2, -0.15) is 0 Å². The summed E-state index contributed by atoms with van der Waals surface area (Å²) in [5.74, 6) is -0.747. The molecule has 3 aromatic rings. The Labute approximate surface area is 174 Å². The van der Waals surface area contributed by atoms with Crippen molar-refractivity contribution in [1.82, 2.24) is 0 Å². The molecule has 0 radical (unpaired) electrons. The van der Waals surface area contributed by atoms with Crippen LogP contribution in [0.25, 0.3) is 5.57 Å². The summed E-state index contributed by atoms with van der Waals surface area (Å²) in [4.78, 5) is 27.9. The molecule has 1 aliphatic heterocycles. The van der Waals surface area contributed by atoms with E-state index in [1.807, 2.05) is 38.1 Å². The average Bonchev–Trinajstić information content (AvgIpc) is 2.96. The van der Waals surface area contributed by atoms with Crippen molar-refractivity contribution < 1.29 is 9.59 Å². The summed E-state index contributed by atoms with van der Waals surface area (Å²) in [6, 6.07) is 21.7. The third-order valence-corrected chi connectivity index (χ3v) is 5.35. The molecule has 0 saturated heterocycles. The first-order valence-corrected chi connectivity index (χ1v) is 9.62. The molecule has 0 spiro atoms. The van der Waals surface area contributed by atoms with Crippen LogP contribution in [0.2, 0.25) is 5.02 Å². The van der Waals surface area contributed by atoms with Crippen molar-refractivity contribution in [3.63, 3.8) is 0 Å². The maximum Gasteiger partial charge on any atom is 0.282 e. The summed E-state index contributed by atoms with van der Waals surface area (Å²) in [6.45, 7) is 3.99. The van der Waals surface area contributed by atoms with Gasteiger partial charge in [-0.05, 0) is 60.9 Å². The quantitative estimate of drug-likeness (QED) is 0.598. The predicted molar refractivity (Wildman–Crippen MR) is 117 cm³/mol. The van der Waals surface area contributed by atoms with Gasteiger partial charge in [-0.15, -0.1) is 0 Å². The number of anilines is 2. The zero-order valence-electron chi connectivity index (χ0n) is 16.1. The maximum absolute atomic E-state index is 13.3. The van der Waals surface area contributed by atoms with E-state index in [0.717, 1.165) is 16.8 Å². The monoisotopic (exact) mass is 402 g/mol. The Kier molecular flexibility index (Phi) is 4.95. The summed E-state index contributed by atoms with van der Waals surface area (Å²) in [5, 5.41) is 3.79. The number of nitrogens with zero attached hydrogens (tertiary/aromatic N) is 1. The number of aryl methyl sites for hydroxylation is 1. The number of hydrogen-bond acceptors (Lipinski definition) is 3. The predicted octanol–water partition coefficient (Wildman–Crippen LogP) is 5.35. The fraction of sp³-hybridized carbons (Fsp3) is 0.0833. The fourth-order valence-electron chi connectivity index (χ4n) is 3.36. The fourth-order valence-corrected chi connectivity index (χ4v) is 3.49. The molecule has 29 heavy (non-hydrogen) atoms. The lowest BCUT2D eigenvalue weighted by atomic mass is 10.0. The van der Waals surface area contributed by atoms with Crippen molar-refractivity contribution >= 4 is 40.4 Å². The molecule has 2 amide bonds. The highest BCUT2D eigenvalue weighted by molar-refractivity contribution is 6.46. The van der Waals surface area contributed by atoms with Gasteiger partial charge >= 0.3 is 0 Å². The van der Waals surface area contributed by atoms with Crippen LogP contribution in [-0.2, 0) is 9.59 Å². The van der Waals surface area contributed by atoms with Crippen LogP contribution in [-0.4, -0.2) is 11.8 Å². The molecule has 1 N–H and O–H groups in total. The van der Waals surface area contributed by atoms with Crippen LogP contribution in [0.5, 0.6) is 0 Å². The van der Waals surface area contributed by atoms with Crippen LogP contribution in [0.1, 0.15) is 16.7 Å². The lowest BCUT2D eigenvalue weighted by Gasteiger charge is -2.16. The minimum Gasteiger partial charge on any atom is -0.350 e. The highest BCUT2D eigenvalue weighted by Crippen LogP contribution is 2.34. The highest BCUT2D eigenvalue weighted by atomic mass is 35.5. The van der Waals surface area contributed by atoms with Crippen molar-refractivity contribution in [2.75, 3.05) is 10.2 Å². The summed E-state index contributed by atoms with van der Waals surface area (Å²) in [5.41, 5.74) is 4.67. The number of amides is 2. The topological polar surface area (TPSA) is 49.4 Å². The van der Waals surface area contributed by atoms with Gasteiger partial charge in [0.1, 0.15) is 5.70 Å². The summed E-state index contributed by atoms with van der Waals surface area (Å²) in [7, 11) is 0. The molecular formula is C24H19ClN2O2. The van der Waals surface area contributed by atoms with E-state index in [1.54, 1.807) is 48.5 Å². The molecule has 1 aliphatic rings. The first-order valence-electron chi connectivity index (χ1n) is 9.24. The van der Waals surface area contributed by atoms with Gasteiger partial charge in [-0.25, -0.2) is 4.90 Å². The number of halogens is 1. The van der Waals surface area contributed by atoms with E-state index in [0.29, 0.717) is 21.8 Å². The van der Waals surface area contributed by atoms with Gasteiger partial charge < -0.3 is 5.32 Å². The largest absolute Gasteiger partial charge is 0.350 e. The van der Waals surface area contributed by atoms with Gasteiger partial charge in [0.2, 0.25) is 0 Å². The number of para-hydroxylation sites is 1. The normalized spacial score (nSPS) is 14.0. The van der Waals surface area contributed by atoms with E-state index in [1.165, 1.54) is 4.90 Å². The summed E-state index contributed by atoms with van der Waals surface area (Å²) < 4.78 is 0. The second kappa shape index (κ2) is 7.57. The molecule has 4 rings (SSSR count). The Morgan fingerprint density at radius 1 is 0.793 bits per heavy atom. The van der Waals surface area contributed by atoms with E-state index in [-0.39, 0.29) is 17.5 Å². The maximum atomic E-state index is 13.3. The molecule has 0 saturated carbocycles. The highest BCUT2D eigenvalue weighted by Gasteiger charge is 2.40. The van der Waals surface area contributed by atoms with E-state index >= 15 is 0 Å². The molecular weight excluding hydrogens is 384 g/mol. The Balaban J connectivity index is 1.85. The number of hydrogen-bond donors (Lipinski definition) is 1. The Hall–Kier alpha value is -3.37. The summed E-state index contributed by atoms with van der Waals surface area (Å²) >= 11 is 6.02. The number of imide groups is 1. The molecule has 1 heterocycles. The number of carbonyl (C=O) groups is 2. The van der Waals surface area contributed by atoms with Crippen molar-refractivity contribution in [1.29, 1.82) is 0 Å². The lowest BCUT2D eigenvalue weighted by Crippen LogP contribution is -2.32. The van der Waals surface area contributed by atoms with Gasteiger partial charge in [-0.3, -0.25) is 9.59 Å². The van der Waals surface area contributed by atoms with Crippen LogP contribution in [0.4, 0.5) is 11.4 Å². The van der Waals surface area contributed by atoms with Crippen LogP contribution >= 0.6 is 11.6 Å². The van der Waals surface area contributed by atoms with Gasteiger partial charge in [0.25, 0.3) is 11.8 Å². The van der Waals surface area contributed by atoms with Gasteiger partial charge in [0.05, 0.1) is 11.3 Å². The van der Waals surface area contributed by atoms with Crippen molar-refractivity contribution in [2.24, 2.45) is 0 Å². The molecule has 0 atom stereocenters. The van der Waals surface area contributed by atoms with Crippen LogP contribution in [0, 0.1) is 13.8 Å². The molecule has 144 valence electrons. The molecule has 4 nitrogen and oxygen atoms in total. The molecule has 0 unspecified atom stereocenters. The Morgan fingerprint density at radius 2 is 1.48 bits per heavy atom. The minimum atomic E-state index is -0.382. The van der Waals surface area contributed by atoms with Gasteiger partial charge in [0, 0.05) is 10.7 Å². The van der Waals surface area contributed by atoms with Crippen LogP contribution in [0.15, 0.2) is 78.5 Å². The van der Waals surface area contributed by atoms with Crippen LogP contribution in [0.3, 0.4) is 0 Å². The summed E-state index contributed by atoms with van der Waals surface area (Å²) in [6.07, 6.45) is 0. The standard InChI is InChI=1S/C24H19ClN2O2/c1-15-7-6-10-20(16(15)2)26-22-21(17-11-13-18(25)14-12-17)23(28)27(24(22)29)19-8-4-3-5-9-19/h3-14,26H,1-2H3. The Morgan fingerprint density at radius 3 is 2.17 bits per heavy atom. The molecule has 0 aromatic heterocycles. The lowest BCUT2D eigenvalue weighted by molar-refractivity contribution is -0.120. The number of carbonyl (C=O) groups excluding carboxylic acids is 2. The van der Waals surface area contributed by atoms with Gasteiger partial charge in [-0.1, -0.05) is 54.1 Å². The van der Waals surface area contributed by atoms with E-state index < -0.39 is 0 Å². The second-order valence-corrected chi connectivity index (χ2v) is 7.35. The van der Waals surface area contributed by atoms with Gasteiger partial charge in [0.15, 0.2) is 0 Å². The SMILES string of the molecule is Cc1cccc(NC2=C(c3ccc(Cl)cc3)C(=O)N(c3ccccc3)C2=O)c1C. The first kappa shape index (κ1) is 19.0. The van der Waals surface area contributed by atoms with Crippen molar-refractivity contribution in [2.45, 2.75) is 13.8 Å². The van der Waals surface area contributed by atoms with Crippen molar-refractivity contribution in [3.05, 3.63) is 100 Å². The first-order chi connectivity index (χ1) is 14.0. The third kappa shape index (κ3) is 3.43. The van der Waals surface area contributed by atoms with E-state index in [2.05, 4.69) is 5.32 Å².